The predicted octanol–water partition coefficient (Wildman–Crippen LogP) is 2.88. The first-order chi connectivity index (χ1) is 13.6. The zero-order valence-electron chi connectivity index (χ0n) is 16.4. The third-order valence-electron chi connectivity index (χ3n) is 5.06. The Labute approximate surface area is 165 Å². The van der Waals surface area contributed by atoms with Crippen LogP contribution in [-0.4, -0.2) is 42.1 Å². The van der Waals surface area contributed by atoms with Crippen molar-refractivity contribution in [1.82, 2.24) is 15.1 Å². The zero-order valence-corrected chi connectivity index (χ0v) is 16.4. The normalized spacial score (nSPS) is 20.2. The van der Waals surface area contributed by atoms with Gasteiger partial charge >= 0.3 is 0 Å². The molecule has 2 aromatic rings. The number of benzene rings is 1. The molecule has 1 saturated heterocycles. The van der Waals surface area contributed by atoms with Crippen molar-refractivity contribution in [3.05, 3.63) is 53.6 Å². The van der Waals surface area contributed by atoms with Gasteiger partial charge in [0.15, 0.2) is 0 Å². The van der Waals surface area contributed by atoms with E-state index in [9.17, 15) is 9.18 Å². The van der Waals surface area contributed by atoms with Crippen LogP contribution in [0.3, 0.4) is 0 Å². The molecule has 7 heteroatoms. The Morgan fingerprint density at radius 2 is 2.25 bits per heavy atom. The molecule has 1 aromatic carbocycles. The van der Waals surface area contributed by atoms with Crippen molar-refractivity contribution in [2.24, 2.45) is 5.92 Å². The number of aromatic nitrogens is 2. The van der Waals surface area contributed by atoms with E-state index in [0.29, 0.717) is 38.2 Å². The Hall–Kier alpha value is -2.25. The molecule has 2 heterocycles. The highest BCUT2D eigenvalue weighted by Crippen LogP contribution is 2.34. The van der Waals surface area contributed by atoms with E-state index in [1.165, 1.54) is 6.07 Å². The molecule has 1 aliphatic heterocycles. The Bertz CT molecular complexity index is 780. The van der Waals surface area contributed by atoms with Crippen LogP contribution in [-0.2, 0) is 27.2 Å². The number of nitrogens with zero attached hydrogens (tertiary/aromatic N) is 2. The fourth-order valence-corrected chi connectivity index (χ4v) is 3.67. The number of aryl methyl sites for hydroxylation is 1. The standard InChI is InChI=1S/C21H28FN3O3/c1-15(14-16-6-3-4-7-18(16)22)24-21(26)17-9-13-28-20(17)19-8-10-23-25(19)11-5-12-27-2/h3-4,6-8,10,15,17,20H,5,9,11-14H2,1-2H3,(H,24,26)/t15-,17-,20-/m0/s1. The van der Waals surface area contributed by atoms with Gasteiger partial charge in [-0.15, -0.1) is 0 Å². The van der Waals surface area contributed by atoms with Crippen LogP contribution in [0, 0.1) is 11.7 Å². The average Bonchev–Trinajstić information content (AvgIpc) is 3.32. The van der Waals surface area contributed by atoms with Gasteiger partial charge in [-0.05, 0) is 43.9 Å². The first-order valence-electron chi connectivity index (χ1n) is 9.76. The van der Waals surface area contributed by atoms with Crippen molar-refractivity contribution in [3.8, 4) is 0 Å². The number of carbonyl (C=O) groups excluding carboxylic acids is 1. The van der Waals surface area contributed by atoms with Crippen molar-refractivity contribution in [3.63, 3.8) is 0 Å². The summed E-state index contributed by atoms with van der Waals surface area (Å²) in [5.74, 6) is -0.581. The van der Waals surface area contributed by atoms with Crippen molar-refractivity contribution in [2.45, 2.75) is 44.9 Å². The van der Waals surface area contributed by atoms with Gasteiger partial charge in [0, 0.05) is 39.1 Å². The fourth-order valence-electron chi connectivity index (χ4n) is 3.67. The minimum atomic E-state index is -0.314. The molecule has 1 amide bonds. The van der Waals surface area contributed by atoms with Crippen molar-refractivity contribution >= 4 is 5.91 Å². The predicted molar refractivity (Wildman–Crippen MR) is 103 cm³/mol. The van der Waals surface area contributed by atoms with Crippen LogP contribution in [0.5, 0.6) is 0 Å². The molecule has 6 nitrogen and oxygen atoms in total. The molecular weight excluding hydrogens is 361 g/mol. The number of methoxy groups -OCH3 is 1. The molecule has 28 heavy (non-hydrogen) atoms. The third-order valence-corrected chi connectivity index (χ3v) is 5.06. The van der Waals surface area contributed by atoms with Crippen molar-refractivity contribution < 1.29 is 18.7 Å². The zero-order chi connectivity index (χ0) is 19.9. The van der Waals surface area contributed by atoms with Gasteiger partial charge < -0.3 is 14.8 Å². The summed E-state index contributed by atoms with van der Waals surface area (Å²) in [6.07, 6.45) is 3.37. The van der Waals surface area contributed by atoms with Crippen LogP contribution in [0.4, 0.5) is 4.39 Å². The average molecular weight is 389 g/mol. The van der Waals surface area contributed by atoms with Gasteiger partial charge in [-0.25, -0.2) is 4.39 Å². The van der Waals surface area contributed by atoms with E-state index in [1.807, 2.05) is 17.7 Å². The summed E-state index contributed by atoms with van der Waals surface area (Å²) >= 11 is 0. The number of amides is 1. The minimum absolute atomic E-state index is 0.0593. The molecule has 0 unspecified atom stereocenters. The Morgan fingerprint density at radius 1 is 1.43 bits per heavy atom. The van der Waals surface area contributed by atoms with Gasteiger partial charge in [0.05, 0.1) is 11.6 Å². The maximum atomic E-state index is 13.9. The summed E-state index contributed by atoms with van der Waals surface area (Å²) in [4.78, 5) is 12.9. The monoisotopic (exact) mass is 389 g/mol. The molecule has 152 valence electrons. The van der Waals surface area contributed by atoms with Gasteiger partial charge in [-0.3, -0.25) is 9.48 Å². The quantitative estimate of drug-likeness (QED) is 0.670. The van der Waals surface area contributed by atoms with Crippen LogP contribution in [0.2, 0.25) is 0 Å². The molecule has 1 aliphatic rings. The third kappa shape index (κ3) is 4.97. The summed E-state index contributed by atoms with van der Waals surface area (Å²) in [6, 6.07) is 8.40. The molecule has 0 aliphatic carbocycles. The van der Waals surface area contributed by atoms with E-state index in [-0.39, 0.29) is 29.8 Å². The summed E-state index contributed by atoms with van der Waals surface area (Å²) < 4.78 is 26.7. The number of rotatable bonds is 9. The molecule has 3 atom stereocenters. The summed E-state index contributed by atoms with van der Waals surface area (Å²) in [6.45, 7) is 3.80. The maximum absolute atomic E-state index is 13.9. The molecule has 0 radical (unpaired) electrons. The second-order valence-corrected chi connectivity index (χ2v) is 7.22. The molecule has 1 aromatic heterocycles. The Kier molecular flexibility index (Phi) is 7.17. The van der Waals surface area contributed by atoms with Crippen LogP contribution in [0.15, 0.2) is 36.5 Å². The second kappa shape index (κ2) is 9.80. The smallest absolute Gasteiger partial charge is 0.226 e. The molecule has 1 fully saturated rings. The Balaban J connectivity index is 1.62. The van der Waals surface area contributed by atoms with Gasteiger partial charge in [0.25, 0.3) is 0 Å². The fraction of sp³-hybridized carbons (Fsp3) is 0.524. The summed E-state index contributed by atoms with van der Waals surface area (Å²) in [5, 5.41) is 7.39. The molecular formula is C21H28FN3O3. The molecule has 0 saturated carbocycles. The van der Waals surface area contributed by atoms with E-state index in [1.54, 1.807) is 31.5 Å². The first kappa shape index (κ1) is 20.5. The number of halogens is 1. The largest absolute Gasteiger partial charge is 0.385 e. The maximum Gasteiger partial charge on any atom is 0.226 e. The van der Waals surface area contributed by atoms with Gasteiger partial charge in [-0.2, -0.15) is 5.10 Å². The van der Waals surface area contributed by atoms with E-state index in [2.05, 4.69) is 10.4 Å². The molecule has 3 rings (SSSR count). The topological polar surface area (TPSA) is 65.4 Å². The van der Waals surface area contributed by atoms with Crippen LogP contribution >= 0.6 is 0 Å². The molecule has 0 bridgehead atoms. The number of nitrogens with one attached hydrogen (secondary N) is 1. The lowest BCUT2D eigenvalue weighted by Crippen LogP contribution is -2.39. The van der Waals surface area contributed by atoms with Gasteiger partial charge in [0.2, 0.25) is 5.91 Å². The highest BCUT2D eigenvalue weighted by Gasteiger charge is 2.37. The van der Waals surface area contributed by atoms with E-state index >= 15 is 0 Å². The molecule has 0 spiro atoms. The van der Waals surface area contributed by atoms with Crippen molar-refractivity contribution in [1.29, 1.82) is 0 Å². The Morgan fingerprint density at radius 3 is 3.04 bits per heavy atom. The van der Waals surface area contributed by atoms with Crippen molar-refractivity contribution in [2.75, 3.05) is 20.3 Å². The lowest BCUT2D eigenvalue weighted by Gasteiger charge is -2.22. The van der Waals surface area contributed by atoms with E-state index in [0.717, 1.165) is 12.1 Å². The number of hydrogen-bond donors (Lipinski definition) is 1. The molecule has 1 N–H and O–H groups in total. The van der Waals surface area contributed by atoms with E-state index < -0.39 is 0 Å². The van der Waals surface area contributed by atoms with Crippen LogP contribution in [0.25, 0.3) is 0 Å². The SMILES string of the molecule is COCCCn1nccc1[C@H]1OCC[C@@H]1C(=O)N[C@@H](C)Cc1ccccc1F. The highest BCUT2D eigenvalue weighted by molar-refractivity contribution is 5.80. The van der Waals surface area contributed by atoms with E-state index in [4.69, 9.17) is 9.47 Å². The number of ether oxygens (including phenoxy) is 2. The lowest BCUT2D eigenvalue weighted by atomic mass is 9.97. The highest BCUT2D eigenvalue weighted by atomic mass is 19.1. The van der Waals surface area contributed by atoms with Crippen LogP contribution < -0.4 is 5.32 Å². The van der Waals surface area contributed by atoms with Gasteiger partial charge in [0.1, 0.15) is 11.9 Å². The lowest BCUT2D eigenvalue weighted by molar-refractivity contribution is -0.127. The minimum Gasteiger partial charge on any atom is -0.385 e. The number of hydrogen-bond acceptors (Lipinski definition) is 4. The van der Waals surface area contributed by atoms with Crippen LogP contribution in [0.1, 0.15) is 37.1 Å². The second-order valence-electron chi connectivity index (χ2n) is 7.22. The van der Waals surface area contributed by atoms with Gasteiger partial charge in [-0.1, -0.05) is 18.2 Å². The number of carbonyl (C=O) groups is 1. The summed E-state index contributed by atoms with van der Waals surface area (Å²) in [5.41, 5.74) is 1.52. The summed E-state index contributed by atoms with van der Waals surface area (Å²) in [7, 11) is 1.67. The first-order valence-corrected chi connectivity index (χ1v) is 9.76.